The first-order valence-corrected chi connectivity index (χ1v) is 11.9. The number of hydrogen-bond donors (Lipinski definition) is 2. The van der Waals surface area contributed by atoms with Crippen LogP contribution in [0.4, 0.5) is 18.9 Å². The summed E-state index contributed by atoms with van der Waals surface area (Å²) in [5.41, 5.74) is -0.331. The van der Waals surface area contributed by atoms with Gasteiger partial charge in [0.2, 0.25) is 5.91 Å². The van der Waals surface area contributed by atoms with Gasteiger partial charge in [-0.15, -0.1) is 10.2 Å². The molecule has 1 atom stereocenters. The monoisotopic (exact) mass is 521 g/mol. The Kier molecular flexibility index (Phi) is 8.62. The van der Waals surface area contributed by atoms with Gasteiger partial charge in [-0.2, -0.15) is 13.2 Å². The van der Waals surface area contributed by atoms with E-state index in [-0.39, 0.29) is 23.3 Å². The average molecular weight is 522 g/mol. The van der Waals surface area contributed by atoms with Gasteiger partial charge in [0.05, 0.1) is 24.5 Å². The number of amides is 2. The van der Waals surface area contributed by atoms with Gasteiger partial charge >= 0.3 is 6.18 Å². The molecule has 36 heavy (non-hydrogen) atoms. The molecule has 192 valence electrons. The lowest BCUT2D eigenvalue weighted by atomic mass is 10.0. The van der Waals surface area contributed by atoms with Crippen LogP contribution in [0.3, 0.4) is 0 Å². The Hall–Kier alpha value is -3.54. The number of carbonyl (C=O) groups excluding carboxylic acids is 2. The molecule has 3 rings (SSSR count). The summed E-state index contributed by atoms with van der Waals surface area (Å²) < 4.78 is 45.5. The van der Waals surface area contributed by atoms with Gasteiger partial charge in [-0.25, -0.2) is 0 Å². The number of nitrogens with zero attached hydrogens (tertiary/aromatic N) is 3. The molecular formula is C24H26F3N5O3S. The number of rotatable bonds is 9. The topological polar surface area (TPSA) is 98.1 Å². The normalized spacial score (nSPS) is 12.3. The van der Waals surface area contributed by atoms with E-state index in [0.717, 1.165) is 23.9 Å². The minimum Gasteiger partial charge on any atom is -0.497 e. The number of nitrogens with one attached hydrogen (secondary N) is 2. The summed E-state index contributed by atoms with van der Waals surface area (Å²) in [7, 11) is 3.26. The molecule has 8 nitrogen and oxygen atoms in total. The quantitative estimate of drug-likeness (QED) is 0.396. The zero-order chi connectivity index (χ0) is 26.5. The van der Waals surface area contributed by atoms with Crippen molar-refractivity contribution >= 4 is 29.3 Å². The number of anilines is 1. The number of ether oxygens (including phenoxy) is 1. The lowest BCUT2D eigenvalue weighted by Gasteiger charge is -2.21. The molecule has 0 bridgehead atoms. The number of benzene rings is 2. The number of thioether (sulfide) groups is 1. The van der Waals surface area contributed by atoms with E-state index < -0.39 is 23.7 Å². The zero-order valence-electron chi connectivity index (χ0n) is 20.1. The Balaban J connectivity index is 1.65. The van der Waals surface area contributed by atoms with Gasteiger partial charge in [-0.05, 0) is 48.4 Å². The van der Waals surface area contributed by atoms with Gasteiger partial charge in [0, 0.05) is 18.3 Å². The zero-order valence-corrected chi connectivity index (χ0v) is 20.9. The van der Waals surface area contributed by atoms with Gasteiger partial charge in [0.1, 0.15) is 5.75 Å². The van der Waals surface area contributed by atoms with Crippen LogP contribution in [-0.4, -0.2) is 39.4 Å². The summed E-state index contributed by atoms with van der Waals surface area (Å²) >= 11 is 1.08. The number of halogens is 3. The van der Waals surface area contributed by atoms with Crippen molar-refractivity contribution in [2.75, 3.05) is 18.2 Å². The van der Waals surface area contributed by atoms with Crippen molar-refractivity contribution in [3.63, 3.8) is 0 Å². The van der Waals surface area contributed by atoms with E-state index in [1.807, 2.05) is 13.8 Å². The predicted octanol–water partition coefficient (Wildman–Crippen LogP) is 4.70. The van der Waals surface area contributed by atoms with Crippen molar-refractivity contribution in [1.29, 1.82) is 0 Å². The standard InChI is InChI=1S/C24H26F3N5O3S/c1-14(2)20(29-22(34)15-8-10-18(35-4)11-9-15)21-30-31-23(32(21)3)36-13-19(33)28-17-7-5-6-16(12-17)24(25,26)27/h5-12,14,20H,13H2,1-4H3,(H,28,33)(H,29,34)/t20-/m0/s1. The molecule has 0 aliphatic carbocycles. The molecule has 3 aromatic rings. The smallest absolute Gasteiger partial charge is 0.416 e. The van der Waals surface area contributed by atoms with Crippen LogP contribution < -0.4 is 15.4 Å². The molecule has 0 aliphatic rings. The van der Waals surface area contributed by atoms with Crippen molar-refractivity contribution in [1.82, 2.24) is 20.1 Å². The highest BCUT2D eigenvalue weighted by Gasteiger charge is 2.30. The fraction of sp³-hybridized carbons (Fsp3) is 0.333. The third-order valence-corrected chi connectivity index (χ3v) is 6.28. The van der Waals surface area contributed by atoms with E-state index in [1.54, 1.807) is 43.0 Å². The van der Waals surface area contributed by atoms with Crippen molar-refractivity contribution in [2.45, 2.75) is 31.2 Å². The third-order valence-electron chi connectivity index (χ3n) is 5.26. The molecule has 0 radical (unpaired) electrons. The van der Waals surface area contributed by atoms with Gasteiger partial charge in [-0.3, -0.25) is 9.59 Å². The summed E-state index contributed by atoms with van der Waals surface area (Å²) in [5.74, 6) is 0.266. The lowest BCUT2D eigenvalue weighted by molar-refractivity contribution is -0.137. The van der Waals surface area contributed by atoms with E-state index in [1.165, 1.54) is 12.1 Å². The number of hydrogen-bond acceptors (Lipinski definition) is 6. The number of methoxy groups -OCH3 is 1. The minimum absolute atomic E-state index is 0.0165. The summed E-state index contributed by atoms with van der Waals surface area (Å²) in [6.07, 6.45) is -4.50. The second kappa shape index (κ2) is 11.5. The highest BCUT2D eigenvalue weighted by atomic mass is 32.2. The largest absolute Gasteiger partial charge is 0.497 e. The minimum atomic E-state index is -4.50. The first-order chi connectivity index (χ1) is 17.0. The van der Waals surface area contributed by atoms with E-state index >= 15 is 0 Å². The molecule has 0 aliphatic heterocycles. The van der Waals surface area contributed by atoms with Crippen LogP contribution in [0.15, 0.2) is 53.7 Å². The Morgan fingerprint density at radius 3 is 2.42 bits per heavy atom. The molecule has 1 heterocycles. The number of aromatic nitrogens is 3. The maximum Gasteiger partial charge on any atom is 0.416 e. The maximum absolute atomic E-state index is 12.9. The van der Waals surface area contributed by atoms with Crippen LogP contribution in [0.1, 0.15) is 41.6 Å². The Bertz CT molecular complexity index is 1210. The molecule has 12 heteroatoms. The molecule has 2 amide bonds. The molecular weight excluding hydrogens is 495 g/mol. The summed E-state index contributed by atoms with van der Waals surface area (Å²) in [6, 6.07) is 10.7. The number of alkyl halides is 3. The van der Waals surface area contributed by atoms with Gasteiger partial charge in [-0.1, -0.05) is 31.7 Å². The Morgan fingerprint density at radius 2 is 1.81 bits per heavy atom. The van der Waals surface area contributed by atoms with Crippen LogP contribution in [0, 0.1) is 5.92 Å². The second-order valence-corrected chi connectivity index (χ2v) is 9.18. The van der Waals surface area contributed by atoms with Crippen molar-refractivity contribution in [3.05, 3.63) is 65.5 Å². The molecule has 2 N–H and O–H groups in total. The molecule has 1 aromatic heterocycles. The highest BCUT2D eigenvalue weighted by molar-refractivity contribution is 7.99. The lowest BCUT2D eigenvalue weighted by Crippen LogP contribution is -2.33. The fourth-order valence-corrected chi connectivity index (χ4v) is 4.04. The van der Waals surface area contributed by atoms with E-state index in [2.05, 4.69) is 20.8 Å². The van der Waals surface area contributed by atoms with Crippen LogP contribution in [-0.2, 0) is 18.0 Å². The molecule has 0 saturated heterocycles. The first kappa shape index (κ1) is 27.1. The Morgan fingerprint density at radius 1 is 1.11 bits per heavy atom. The van der Waals surface area contributed by atoms with Crippen LogP contribution in [0.2, 0.25) is 0 Å². The molecule has 0 fully saturated rings. The van der Waals surface area contributed by atoms with Crippen molar-refractivity contribution < 1.29 is 27.5 Å². The van der Waals surface area contributed by atoms with Crippen LogP contribution in [0.25, 0.3) is 0 Å². The Labute approximate surface area is 210 Å². The van der Waals surface area contributed by atoms with Gasteiger partial charge in [0.25, 0.3) is 5.91 Å². The van der Waals surface area contributed by atoms with E-state index in [0.29, 0.717) is 22.3 Å². The molecule has 2 aromatic carbocycles. The van der Waals surface area contributed by atoms with E-state index in [4.69, 9.17) is 4.74 Å². The summed E-state index contributed by atoms with van der Waals surface area (Å²) in [5, 5.41) is 14.2. The van der Waals surface area contributed by atoms with Crippen molar-refractivity contribution in [3.8, 4) is 5.75 Å². The first-order valence-electron chi connectivity index (χ1n) is 10.9. The van der Waals surface area contributed by atoms with Crippen molar-refractivity contribution in [2.24, 2.45) is 13.0 Å². The van der Waals surface area contributed by atoms with Crippen LogP contribution in [0.5, 0.6) is 5.75 Å². The summed E-state index contributed by atoms with van der Waals surface area (Å²) in [6.45, 7) is 3.87. The predicted molar refractivity (Wildman–Crippen MR) is 130 cm³/mol. The fourth-order valence-electron chi connectivity index (χ4n) is 3.32. The molecule has 0 spiro atoms. The SMILES string of the molecule is COc1ccc(C(=O)N[C@H](c2nnc(SCC(=O)Nc3cccc(C(F)(F)F)c3)n2C)C(C)C)cc1. The molecule has 0 saturated carbocycles. The third kappa shape index (κ3) is 6.78. The van der Waals surface area contributed by atoms with Gasteiger partial charge < -0.3 is 19.9 Å². The van der Waals surface area contributed by atoms with E-state index in [9.17, 15) is 22.8 Å². The average Bonchev–Trinajstić information content (AvgIpc) is 3.20. The highest BCUT2D eigenvalue weighted by Crippen LogP contribution is 2.31. The van der Waals surface area contributed by atoms with Crippen LogP contribution >= 0.6 is 11.8 Å². The molecule has 0 unspecified atom stereocenters. The summed E-state index contributed by atoms with van der Waals surface area (Å²) in [4.78, 5) is 25.1. The van der Waals surface area contributed by atoms with Gasteiger partial charge in [0.15, 0.2) is 11.0 Å². The second-order valence-electron chi connectivity index (χ2n) is 8.24. The maximum atomic E-state index is 12.9. The number of carbonyl (C=O) groups is 2.